The average molecular weight is 500 g/mol. The molecule has 6 rings (SSSR count). The summed E-state index contributed by atoms with van der Waals surface area (Å²) >= 11 is 0. The van der Waals surface area contributed by atoms with Crippen molar-refractivity contribution in [2.75, 3.05) is 45.9 Å². The summed E-state index contributed by atoms with van der Waals surface area (Å²) in [7, 11) is 0. The number of hydrogen-bond donors (Lipinski definition) is 1. The smallest absolute Gasteiger partial charge is 0.395 e. The van der Waals surface area contributed by atoms with Crippen LogP contribution in [0.25, 0.3) is 11.1 Å². The maximum absolute atomic E-state index is 13.6. The lowest BCUT2D eigenvalue weighted by molar-refractivity contribution is -0.137. The molecule has 36 heavy (non-hydrogen) atoms. The molecule has 0 aromatic heterocycles. The van der Waals surface area contributed by atoms with Gasteiger partial charge in [0.05, 0.1) is 18.2 Å². The number of fused-ring (bicyclic) bond motifs is 5. The Kier molecular flexibility index (Phi) is 5.80. The van der Waals surface area contributed by atoms with E-state index in [1.165, 1.54) is 17.7 Å². The molecule has 2 aromatic rings. The number of benzene rings is 2. The third-order valence-corrected chi connectivity index (χ3v) is 8.91. The van der Waals surface area contributed by atoms with Gasteiger partial charge in [-0.15, -0.1) is 0 Å². The Morgan fingerprint density at radius 3 is 2.33 bits per heavy atom. The average Bonchev–Trinajstić information content (AvgIpc) is 3.14. The highest BCUT2D eigenvalue weighted by atomic mass is 19.4. The first kappa shape index (κ1) is 23.8. The molecular formula is C28H32F3N3O2. The lowest BCUT2D eigenvalue weighted by Crippen LogP contribution is -2.62. The van der Waals surface area contributed by atoms with Gasteiger partial charge in [-0.25, -0.2) is 4.79 Å². The van der Waals surface area contributed by atoms with Gasteiger partial charge in [-0.3, -0.25) is 4.90 Å². The Bertz CT molecular complexity index is 1130. The van der Waals surface area contributed by atoms with Gasteiger partial charge in [-0.05, 0) is 77.5 Å². The number of aliphatic hydroxyl groups excluding tert-OH is 1. The predicted molar refractivity (Wildman–Crippen MR) is 130 cm³/mol. The summed E-state index contributed by atoms with van der Waals surface area (Å²) in [5, 5.41) is 9.15. The Morgan fingerprint density at radius 1 is 0.972 bits per heavy atom. The largest absolute Gasteiger partial charge is 0.416 e. The first-order valence-corrected chi connectivity index (χ1v) is 13.0. The molecule has 5 nitrogen and oxygen atoms in total. The summed E-state index contributed by atoms with van der Waals surface area (Å²) in [5.74, 6) is 0.438. The van der Waals surface area contributed by atoms with Crippen LogP contribution in [0.4, 0.5) is 18.0 Å². The number of nitrogens with zero attached hydrogens (tertiary/aromatic N) is 3. The van der Waals surface area contributed by atoms with Crippen LogP contribution in [-0.4, -0.2) is 71.7 Å². The van der Waals surface area contributed by atoms with Crippen LogP contribution in [-0.2, 0) is 6.18 Å². The maximum atomic E-state index is 13.6. The van der Waals surface area contributed by atoms with Crippen LogP contribution in [0.2, 0.25) is 0 Å². The summed E-state index contributed by atoms with van der Waals surface area (Å²) in [6.07, 6.45) is -0.457. The van der Waals surface area contributed by atoms with Crippen LogP contribution in [0.15, 0.2) is 42.5 Å². The third kappa shape index (κ3) is 4.08. The topological polar surface area (TPSA) is 47.0 Å². The number of amides is 2. The quantitative estimate of drug-likeness (QED) is 0.638. The fourth-order valence-electron chi connectivity index (χ4n) is 6.91. The second-order valence-electron chi connectivity index (χ2n) is 11.1. The summed E-state index contributed by atoms with van der Waals surface area (Å²) in [5.41, 5.74) is 3.72. The van der Waals surface area contributed by atoms with Gasteiger partial charge in [-0.1, -0.05) is 24.3 Å². The number of aliphatic hydroxyl groups is 1. The van der Waals surface area contributed by atoms with Crippen LogP contribution < -0.4 is 0 Å². The van der Waals surface area contributed by atoms with Gasteiger partial charge in [0.1, 0.15) is 0 Å². The lowest BCUT2D eigenvalue weighted by atomic mass is 9.72. The number of rotatable bonds is 3. The van der Waals surface area contributed by atoms with Gasteiger partial charge >= 0.3 is 12.2 Å². The summed E-state index contributed by atoms with van der Waals surface area (Å²) in [4.78, 5) is 20.0. The minimum Gasteiger partial charge on any atom is -0.395 e. The molecule has 192 valence electrons. The summed E-state index contributed by atoms with van der Waals surface area (Å²) in [6.45, 7) is 5.25. The number of carbonyl (C=O) groups is 1. The van der Waals surface area contributed by atoms with Crippen LogP contribution in [0.5, 0.6) is 0 Å². The van der Waals surface area contributed by atoms with E-state index in [0.717, 1.165) is 93.8 Å². The van der Waals surface area contributed by atoms with E-state index in [0.29, 0.717) is 11.3 Å². The molecule has 3 heterocycles. The highest BCUT2D eigenvalue weighted by molar-refractivity contribution is 5.76. The molecule has 0 radical (unpaired) electrons. The van der Waals surface area contributed by atoms with E-state index >= 15 is 0 Å². The van der Waals surface area contributed by atoms with Crippen molar-refractivity contribution >= 4 is 6.03 Å². The molecule has 0 saturated carbocycles. The maximum Gasteiger partial charge on any atom is 0.416 e. The number of β-amino-alcohol motifs (C(OH)–C–C–N with tert-alkyl or cyclic N) is 1. The van der Waals surface area contributed by atoms with E-state index in [2.05, 4.69) is 17.0 Å². The molecule has 2 aromatic carbocycles. The van der Waals surface area contributed by atoms with Gasteiger partial charge in [0.2, 0.25) is 0 Å². The molecule has 0 unspecified atom stereocenters. The second kappa shape index (κ2) is 8.77. The minimum absolute atomic E-state index is 0.0280. The number of halogens is 3. The lowest BCUT2D eigenvalue weighted by Gasteiger charge is -2.54. The van der Waals surface area contributed by atoms with E-state index in [1.54, 1.807) is 0 Å². The van der Waals surface area contributed by atoms with Crippen LogP contribution in [0, 0.1) is 5.41 Å². The van der Waals surface area contributed by atoms with Crippen LogP contribution >= 0.6 is 0 Å². The van der Waals surface area contributed by atoms with Crippen molar-refractivity contribution in [3.8, 4) is 11.1 Å². The summed E-state index contributed by atoms with van der Waals surface area (Å²) < 4.78 is 38.9. The Labute approximate surface area is 209 Å². The second-order valence-corrected chi connectivity index (χ2v) is 11.1. The number of carbonyl (C=O) groups excluding carboxylic acids is 1. The molecule has 1 N–H and O–H groups in total. The predicted octanol–water partition coefficient (Wildman–Crippen LogP) is 5.12. The van der Waals surface area contributed by atoms with E-state index in [-0.39, 0.29) is 18.7 Å². The normalized spacial score (nSPS) is 25.1. The fourth-order valence-corrected chi connectivity index (χ4v) is 6.91. The van der Waals surface area contributed by atoms with Crippen molar-refractivity contribution < 1.29 is 23.1 Å². The Hall–Kier alpha value is -2.58. The monoisotopic (exact) mass is 499 g/mol. The molecule has 1 aliphatic carbocycles. The first-order chi connectivity index (χ1) is 17.3. The molecule has 2 atom stereocenters. The SMILES string of the molecule is O=C(N1CCC2(CC1)CN(CCO)C2)N1CC[C@@H]2C[C@H]1c1cc(-c3ccc(C(F)(F)F)cc3)ccc12. The number of likely N-dealkylation sites (tertiary alicyclic amines) is 3. The molecular weight excluding hydrogens is 467 g/mol. The van der Waals surface area contributed by atoms with Gasteiger partial charge in [-0.2, -0.15) is 13.2 Å². The van der Waals surface area contributed by atoms with Crippen molar-refractivity contribution in [3.05, 3.63) is 59.2 Å². The van der Waals surface area contributed by atoms with E-state index in [4.69, 9.17) is 5.11 Å². The summed E-state index contributed by atoms with van der Waals surface area (Å²) in [6, 6.07) is 11.7. The van der Waals surface area contributed by atoms with E-state index in [9.17, 15) is 18.0 Å². The van der Waals surface area contributed by atoms with Gasteiger partial charge in [0.25, 0.3) is 0 Å². The minimum atomic E-state index is -4.35. The molecule has 3 fully saturated rings. The zero-order valence-corrected chi connectivity index (χ0v) is 20.3. The molecule has 3 aliphatic heterocycles. The van der Waals surface area contributed by atoms with Gasteiger partial charge in [0, 0.05) is 39.3 Å². The zero-order valence-electron chi connectivity index (χ0n) is 20.3. The number of hydrogen-bond acceptors (Lipinski definition) is 3. The van der Waals surface area contributed by atoms with Crippen molar-refractivity contribution in [1.82, 2.24) is 14.7 Å². The fraction of sp³-hybridized carbons (Fsp3) is 0.536. The molecule has 8 heteroatoms. The van der Waals surface area contributed by atoms with Crippen molar-refractivity contribution in [2.45, 2.75) is 43.8 Å². The molecule has 1 spiro atoms. The first-order valence-electron chi connectivity index (χ1n) is 13.0. The highest BCUT2D eigenvalue weighted by Crippen LogP contribution is 2.50. The third-order valence-electron chi connectivity index (χ3n) is 8.91. The van der Waals surface area contributed by atoms with Crippen LogP contribution in [0.3, 0.4) is 0 Å². The molecule has 2 bridgehead atoms. The van der Waals surface area contributed by atoms with E-state index in [1.807, 2.05) is 15.9 Å². The van der Waals surface area contributed by atoms with Gasteiger partial charge in [0.15, 0.2) is 0 Å². The van der Waals surface area contributed by atoms with Crippen molar-refractivity contribution in [1.29, 1.82) is 0 Å². The standard InChI is InChI=1S/C28H32F3N3O2/c29-28(30,31)22-4-1-19(2-5-22)20-3-6-23-21-7-10-34(25(16-21)24(23)15-20)26(36)33-11-8-27(9-12-33)17-32(18-27)13-14-35/h1-6,15,21,25,35H,7-14,16-18H2/t21-,25+/m1/s1. The zero-order chi connectivity index (χ0) is 25.1. The molecule has 3 saturated heterocycles. The van der Waals surface area contributed by atoms with Crippen LogP contribution in [0.1, 0.15) is 54.3 Å². The number of urea groups is 1. The molecule has 2 amide bonds. The Morgan fingerprint density at radius 2 is 1.67 bits per heavy atom. The van der Waals surface area contributed by atoms with E-state index < -0.39 is 11.7 Å². The Balaban J connectivity index is 1.17. The molecule has 4 aliphatic rings. The van der Waals surface area contributed by atoms with Crippen molar-refractivity contribution in [3.63, 3.8) is 0 Å². The number of piperidine rings is 2. The highest BCUT2D eigenvalue weighted by Gasteiger charge is 2.47. The number of alkyl halides is 3. The van der Waals surface area contributed by atoms with Gasteiger partial charge < -0.3 is 14.9 Å². The van der Waals surface area contributed by atoms with Crippen molar-refractivity contribution in [2.24, 2.45) is 5.41 Å².